The highest BCUT2D eigenvalue weighted by Gasteiger charge is 2.23. The summed E-state index contributed by atoms with van der Waals surface area (Å²) in [6, 6.07) is 3.43. The van der Waals surface area contributed by atoms with E-state index < -0.39 is 0 Å². The molecule has 3 aromatic heterocycles. The topological polar surface area (TPSA) is 102 Å². The molecule has 0 aliphatic carbocycles. The molecular formula is C21H23ClN6O3S. The number of pyridine rings is 2. The molecule has 1 saturated heterocycles. The summed E-state index contributed by atoms with van der Waals surface area (Å²) in [5, 5.41) is 11.9. The number of amides is 1. The first-order chi connectivity index (χ1) is 15.4. The van der Waals surface area contributed by atoms with Crippen LogP contribution in [-0.2, 0) is 0 Å². The summed E-state index contributed by atoms with van der Waals surface area (Å²) in [5.74, 6) is 0.573. The summed E-state index contributed by atoms with van der Waals surface area (Å²) >= 11 is 7.26. The molecule has 0 radical (unpaired) electrons. The summed E-state index contributed by atoms with van der Waals surface area (Å²) in [4.78, 5) is 23.7. The van der Waals surface area contributed by atoms with Gasteiger partial charge in [-0.1, -0.05) is 16.7 Å². The van der Waals surface area contributed by atoms with Crippen molar-refractivity contribution in [3.05, 3.63) is 40.9 Å². The normalized spacial score (nSPS) is 16.2. The van der Waals surface area contributed by atoms with Crippen LogP contribution in [0.15, 0.2) is 24.5 Å². The Hall–Kier alpha value is -2.82. The molecule has 0 saturated carbocycles. The Labute approximate surface area is 194 Å². The molecule has 32 heavy (non-hydrogen) atoms. The van der Waals surface area contributed by atoms with Crippen molar-refractivity contribution in [2.24, 2.45) is 5.92 Å². The summed E-state index contributed by atoms with van der Waals surface area (Å²) in [6.45, 7) is 4.47. The lowest BCUT2D eigenvalue weighted by molar-refractivity contribution is 0.102. The standard InChI is InChI=1S/C21H23ClN6O3S/c1-12-18(30-3)17(14-4-6-23-16(22)8-14)15(9-24-12)19(29)25-20-26-27-21(32-20)31-11-13-5-7-28(2)10-13/h4,6,8-9,13H,5,7,10-11H2,1-3H3,(H,25,26,29). The van der Waals surface area contributed by atoms with Crippen molar-refractivity contribution in [1.29, 1.82) is 0 Å². The lowest BCUT2D eigenvalue weighted by atomic mass is 9.99. The molecule has 1 unspecified atom stereocenters. The van der Waals surface area contributed by atoms with Gasteiger partial charge in [-0.25, -0.2) is 4.98 Å². The number of hydrogen-bond donors (Lipinski definition) is 1. The summed E-state index contributed by atoms with van der Waals surface area (Å²) in [6.07, 6.45) is 4.18. The van der Waals surface area contributed by atoms with Crippen LogP contribution >= 0.6 is 22.9 Å². The van der Waals surface area contributed by atoms with E-state index in [2.05, 4.69) is 37.4 Å². The highest BCUT2D eigenvalue weighted by Crippen LogP contribution is 2.36. The van der Waals surface area contributed by atoms with Crippen LogP contribution in [0.1, 0.15) is 22.5 Å². The zero-order valence-corrected chi connectivity index (χ0v) is 19.5. The van der Waals surface area contributed by atoms with Gasteiger partial charge in [-0.05, 0) is 56.0 Å². The highest BCUT2D eigenvalue weighted by atomic mass is 35.5. The lowest BCUT2D eigenvalue weighted by Crippen LogP contribution is -2.17. The number of carbonyl (C=O) groups excluding carboxylic acids is 1. The maximum Gasteiger partial charge on any atom is 0.295 e. The number of rotatable bonds is 7. The number of aromatic nitrogens is 4. The van der Waals surface area contributed by atoms with Crippen LogP contribution < -0.4 is 14.8 Å². The third kappa shape index (κ3) is 4.98. The zero-order valence-electron chi connectivity index (χ0n) is 18.0. The molecular weight excluding hydrogens is 452 g/mol. The van der Waals surface area contributed by atoms with Gasteiger partial charge in [0.15, 0.2) is 0 Å². The smallest absolute Gasteiger partial charge is 0.295 e. The molecule has 168 valence electrons. The van der Waals surface area contributed by atoms with Crippen LogP contribution in [0.2, 0.25) is 5.15 Å². The van der Waals surface area contributed by atoms with E-state index in [1.807, 2.05) is 6.92 Å². The van der Waals surface area contributed by atoms with Crippen LogP contribution in [0.5, 0.6) is 10.9 Å². The molecule has 1 amide bonds. The minimum atomic E-state index is -0.390. The van der Waals surface area contributed by atoms with Crippen LogP contribution in [0.25, 0.3) is 11.1 Å². The van der Waals surface area contributed by atoms with Crippen LogP contribution in [0.3, 0.4) is 0 Å². The SMILES string of the molecule is COc1c(C)ncc(C(=O)Nc2nnc(OCC3CCN(C)C3)s2)c1-c1ccnc(Cl)c1. The van der Waals surface area contributed by atoms with E-state index in [-0.39, 0.29) is 5.91 Å². The van der Waals surface area contributed by atoms with E-state index in [1.54, 1.807) is 18.3 Å². The van der Waals surface area contributed by atoms with Crippen molar-refractivity contribution < 1.29 is 14.3 Å². The summed E-state index contributed by atoms with van der Waals surface area (Å²) in [7, 11) is 3.64. The van der Waals surface area contributed by atoms with Crippen molar-refractivity contribution in [2.75, 3.05) is 39.2 Å². The van der Waals surface area contributed by atoms with Gasteiger partial charge in [0.1, 0.15) is 10.9 Å². The van der Waals surface area contributed by atoms with Gasteiger partial charge in [0.05, 0.1) is 25.0 Å². The van der Waals surface area contributed by atoms with E-state index in [4.69, 9.17) is 21.1 Å². The predicted octanol–water partition coefficient (Wildman–Crippen LogP) is 3.55. The number of halogens is 1. The predicted molar refractivity (Wildman–Crippen MR) is 123 cm³/mol. The fraction of sp³-hybridized carbons (Fsp3) is 0.381. The van der Waals surface area contributed by atoms with Crippen molar-refractivity contribution in [3.8, 4) is 22.1 Å². The molecule has 0 bridgehead atoms. The number of carbonyl (C=O) groups is 1. The van der Waals surface area contributed by atoms with Gasteiger partial charge in [0.2, 0.25) is 5.13 Å². The molecule has 0 spiro atoms. The van der Waals surface area contributed by atoms with Crippen molar-refractivity contribution in [3.63, 3.8) is 0 Å². The first-order valence-corrected chi connectivity index (χ1v) is 11.3. The molecule has 3 aromatic rings. The Morgan fingerprint density at radius 3 is 2.94 bits per heavy atom. The molecule has 4 rings (SSSR count). The third-order valence-electron chi connectivity index (χ3n) is 5.23. The largest absolute Gasteiger partial charge is 0.494 e. The van der Waals surface area contributed by atoms with Gasteiger partial charge in [-0.2, -0.15) is 0 Å². The Bertz CT molecular complexity index is 1120. The van der Waals surface area contributed by atoms with E-state index in [1.165, 1.54) is 24.6 Å². The first-order valence-electron chi connectivity index (χ1n) is 10.1. The van der Waals surface area contributed by atoms with Crippen molar-refractivity contribution >= 4 is 34.0 Å². The fourth-order valence-corrected chi connectivity index (χ4v) is 4.46. The van der Waals surface area contributed by atoms with E-state index in [0.717, 1.165) is 19.5 Å². The average Bonchev–Trinajstić information content (AvgIpc) is 3.40. The number of anilines is 1. The molecule has 0 aromatic carbocycles. The second-order valence-electron chi connectivity index (χ2n) is 7.59. The second-order valence-corrected chi connectivity index (χ2v) is 8.92. The van der Waals surface area contributed by atoms with E-state index in [9.17, 15) is 4.79 Å². The average molecular weight is 475 g/mol. The molecule has 1 aliphatic rings. The number of hydrogen-bond acceptors (Lipinski definition) is 9. The van der Waals surface area contributed by atoms with Gasteiger partial charge in [-0.3, -0.25) is 15.1 Å². The number of methoxy groups -OCH3 is 1. The van der Waals surface area contributed by atoms with Crippen molar-refractivity contribution in [2.45, 2.75) is 13.3 Å². The molecule has 4 heterocycles. The number of likely N-dealkylation sites (tertiary alicyclic amines) is 1. The van der Waals surface area contributed by atoms with Gasteiger partial charge in [0.25, 0.3) is 11.1 Å². The van der Waals surface area contributed by atoms with Gasteiger partial charge >= 0.3 is 0 Å². The quantitative estimate of drug-likeness (QED) is 0.518. The van der Waals surface area contributed by atoms with Crippen LogP contribution in [0, 0.1) is 12.8 Å². The molecule has 1 atom stereocenters. The minimum absolute atomic E-state index is 0.310. The maximum absolute atomic E-state index is 13.1. The highest BCUT2D eigenvalue weighted by molar-refractivity contribution is 7.17. The second kappa shape index (κ2) is 9.76. The number of ether oxygens (including phenoxy) is 2. The molecule has 1 fully saturated rings. The van der Waals surface area contributed by atoms with Gasteiger partial charge in [0, 0.05) is 30.4 Å². The van der Waals surface area contributed by atoms with Crippen LogP contribution in [0.4, 0.5) is 5.13 Å². The minimum Gasteiger partial charge on any atom is -0.494 e. The molecule has 1 aliphatic heterocycles. The number of aryl methyl sites for hydroxylation is 1. The number of nitrogens with one attached hydrogen (secondary N) is 1. The molecule has 11 heteroatoms. The van der Waals surface area contributed by atoms with Gasteiger partial charge < -0.3 is 14.4 Å². The Morgan fingerprint density at radius 2 is 2.22 bits per heavy atom. The zero-order chi connectivity index (χ0) is 22.7. The first kappa shape index (κ1) is 22.4. The van der Waals surface area contributed by atoms with E-state index >= 15 is 0 Å². The fourth-order valence-electron chi connectivity index (χ4n) is 3.69. The Kier molecular flexibility index (Phi) is 6.83. The van der Waals surface area contributed by atoms with Gasteiger partial charge in [-0.15, -0.1) is 5.10 Å². The Morgan fingerprint density at radius 1 is 1.38 bits per heavy atom. The molecule has 1 N–H and O–H groups in total. The van der Waals surface area contributed by atoms with Crippen molar-refractivity contribution in [1.82, 2.24) is 25.1 Å². The van der Waals surface area contributed by atoms with E-state index in [0.29, 0.717) is 56.1 Å². The number of nitrogens with zero attached hydrogens (tertiary/aromatic N) is 5. The maximum atomic E-state index is 13.1. The monoisotopic (exact) mass is 474 g/mol. The summed E-state index contributed by atoms with van der Waals surface area (Å²) < 4.78 is 11.3. The lowest BCUT2D eigenvalue weighted by Gasteiger charge is -2.15. The summed E-state index contributed by atoms with van der Waals surface area (Å²) in [5.41, 5.74) is 2.24. The third-order valence-corrected chi connectivity index (χ3v) is 6.19. The van der Waals surface area contributed by atoms with Crippen LogP contribution in [-0.4, -0.2) is 64.8 Å². The molecule has 9 nitrogen and oxygen atoms in total. The Balaban J connectivity index is 1.53.